The van der Waals surface area contributed by atoms with E-state index < -0.39 is 22.1 Å². The molecule has 2 aromatic heterocycles. The first-order valence-corrected chi connectivity index (χ1v) is 6.36. The monoisotopic (exact) mass is 279 g/mol. The van der Waals surface area contributed by atoms with Crippen molar-refractivity contribution in [1.29, 1.82) is 0 Å². The van der Waals surface area contributed by atoms with Crippen molar-refractivity contribution in [2.45, 2.75) is 31.7 Å². The normalized spacial score (nSPS) is 16.1. The van der Waals surface area contributed by atoms with Crippen LogP contribution in [0.4, 0.5) is 5.95 Å². The van der Waals surface area contributed by atoms with Gasteiger partial charge in [-0.3, -0.25) is 13.9 Å². The van der Waals surface area contributed by atoms with Crippen LogP contribution in [0.1, 0.15) is 31.7 Å². The van der Waals surface area contributed by atoms with E-state index in [1.54, 1.807) is 0 Å². The van der Waals surface area contributed by atoms with Gasteiger partial charge in [-0.15, -0.1) is 0 Å². The number of fused-ring (bicyclic) bond motifs is 1. The van der Waals surface area contributed by atoms with Crippen molar-refractivity contribution >= 4 is 17.1 Å². The maximum absolute atomic E-state index is 12.3. The maximum atomic E-state index is 12.3. The lowest BCUT2D eigenvalue weighted by molar-refractivity contribution is -0.393. The molecule has 0 bridgehead atoms. The maximum Gasteiger partial charge on any atom is 0.435 e. The second-order valence-corrected chi connectivity index (χ2v) is 4.97. The Bertz CT molecular complexity index is 809. The summed E-state index contributed by atoms with van der Waals surface area (Å²) in [6.45, 7) is 0. The van der Waals surface area contributed by atoms with E-state index in [0.29, 0.717) is 0 Å². The molecule has 9 heteroatoms. The topological polar surface area (TPSA) is 116 Å². The summed E-state index contributed by atoms with van der Waals surface area (Å²) in [4.78, 5) is 40.6. The molecule has 0 amide bonds. The first-order valence-electron chi connectivity index (χ1n) is 6.36. The van der Waals surface area contributed by atoms with Gasteiger partial charge in [-0.25, -0.2) is 9.78 Å². The van der Waals surface area contributed by atoms with E-state index in [1.807, 2.05) is 0 Å². The molecule has 2 heterocycles. The molecule has 0 spiro atoms. The lowest BCUT2D eigenvalue weighted by Crippen LogP contribution is -2.39. The van der Waals surface area contributed by atoms with Gasteiger partial charge in [0.05, 0.1) is 0 Å². The van der Waals surface area contributed by atoms with Crippen LogP contribution >= 0.6 is 0 Å². The summed E-state index contributed by atoms with van der Waals surface area (Å²) < 4.78 is 2.37. The molecule has 2 aromatic rings. The Kier molecular flexibility index (Phi) is 2.70. The number of aromatic nitrogens is 4. The Morgan fingerprint density at radius 3 is 2.60 bits per heavy atom. The first kappa shape index (κ1) is 12.6. The van der Waals surface area contributed by atoms with Crippen molar-refractivity contribution in [3.63, 3.8) is 0 Å². The Balaban J connectivity index is 2.39. The Hall–Kier alpha value is -2.45. The first-order chi connectivity index (χ1) is 9.50. The van der Waals surface area contributed by atoms with Gasteiger partial charge in [0, 0.05) is 13.1 Å². The molecule has 0 aromatic carbocycles. The van der Waals surface area contributed by atoms with E-state index in [9.17, 15) is 19.7 Å². The number of nitrogens with one attached hydrogen (secondary N) is 1. The van der Waals surface area contributed by atoms with Crippen LogP contribution in [-0.2, 0) is 7.05 Å². The highest BCUT2D eigenvalue weighted by Crippen LogP contribution is 2.29. The van der Waals surface area contributed by atoms with Gasteiger partial charge in [-0.2, -0.15) is 0 Å². The molecule has 1 aliphatic carbocycles. The van der Waals surface area contributed by atoms with Crippen molar-refractivity contribution < 1.29 is 4.92 Å². The highest BCUT2D eigenvalue weighted by molar-refractivity contribution is 5.71. The lowest BCUT2D eigenvalue weighted by atomic mass is 10.2. The van der Waals surface area contributed by atoms with E-state index in [-0.39, 0.29) is 17.2 Å². The van der Waals surface area contributed by atoms with Crippen LogP contribution in [0, 0.1) is 10.1 Å². The third-order valence-corrected chi connectivity index (χ3v) is 3.77. The molecule has 3 rings (SSSR count). The third-order valence-electron chi connectivity index (χ3n) is 3.77. The number of hydrogen-bond donors (Lipinski definition) is 1. The van der Waals surface area contributed by atoms with Gasteiger partial charge in [0.25, 0.3) is 11.2 Å². The van der Waals surface area contributed by atoms with Crippen LogP contribution in [0.25, 0.3) is 11.2 Å². The van der Waals surface area contributed by atoms with Gasteiger partial charge in [0.15, 0.2) is 0 Å². The fraction of sp³-hybridized carbons (Fsp3) is 0.545. The number of aromatic amines is 1. The van der Waals surface area contributed by atoms with Gasteiger partial charge in [-0.05, 0) is 22.7 Å². The molecule has 106 valence electrons. The average Bonchev–Trinajstić information content (AvgIpc) is 3.05. The summed E-state index contributed by atoms with van der Waals surface area (Å²) >= 11 is 0. The average molecular weight is 279 g/mol. The van der Waals surface area contributed by atoms with Gasteiger partial charge in [-0.1, -0.05) is 12.8 Å². The van der Waals surface area contributed by atoms with Gasteiger partial charge >= 0.3 is 11.6 Å². The van der Waals surface area contributed by atoms with E-state index >= 15 is 0 Å². The van der Waals surface area contributed by atoms with Gasteiger partial charge < -0.3 is 10.1 Å². The SMILES string of the molecule is Cn1c(=O)c2[nH]c([N+](=O)[O-])nc2n(C2CCCC2)c1=O. The van der Waals surface area contributed by atoms with E-state index in [4.69, 9.17) is 0 Å². The van der Waals surface area contributed by atoms with Gasteiger partial charge in [0.2, 0.25) is 5.52 Å². The molecule has 20 heavy (non-hydrogen) atoms. The van der Waals surface area contributed by atoms with Crippen LogP contribution in [-0.4, -0.2) is 24.0 Å². The minimum atomic E-state index is -0.705. The zero-order valence-electron chi connectivity index (χ0n) is 10.8. The summed E-state index contributed by atoms with van der Waals surface area (Å²) in [6, 6.07) is -0.0558. The second kappa shape index (κ2) is 4.29. The molecule has 1 N–H and O–H groups in total. The zero-order valence-corrected chi connectivity index (χ0v) is 10.8. The predicted molar refractivity (Wildman–Crippen MR) is 69.8 cm³/mol. The van der Waals surface area contributed by atoms with Gasteiger partial charge in [0.1, 0.15) is 0 Å². The Labute approximate surface area is 112 Å². The van der Waals surface area contributed by atoms with Crippen molar-refractivity contribution in [2.24, 2.45) is 7.05 Å². The van der Waals surface area contributed by atoms with E-state index in [1.165, 1.54) is 11.6 Å². The van der Waals surface area contributed by atoms with Crippen LogP contribution in [0.2, 0.25) is 0 Å². The summed E-state index contributed by atoms with van der Waals surface area (Å²) in [5, 5.41) is 10.8. The number of H-pyrrole nitrogens is 1. The Morgan fingerprint density at radius 1 is 1.35 bits per heavy atom. The van der Waals surface area contributed by atoms with Crippen LogP contribution in [0.15, 0.2) is 9.59 Å². The number of nitro groups is 1. The molecule has 0 unspecified atom stereocenters. The minimum Gasteiger partial charge on any atom is -0.390 e. The van der Waals surface area contributed by atoms with Crippen LogP contribution in [0.5, 0.6) is 0 Å². The molecule has 0 atom stereocenters. The summed E-state index contributed by atoms with van der Waals surface area (Å²) in [5.41, 5.74) is -0.988. The van der Waals surface area contributed by atoms with Crippen molar-refractivity contribution in [2.75, 3.05) is 0 Å². The standard InChI is InChI=1S/C11H13N5O4/c1-14-9(17)7-8(13-10(12-7)16(19)20)15(11(14)18)6-4-2-3-5-6/h6H,2-5H2,1H3,(H,12,13). The van der Waals surface area contributed by atoms with Crippen molar-refractivity contribution in [1.82, 2.24) is 19.1 Å². The molecule has 1 fully saturated rings. The quantitative estimate of drug-likeness (QED) is 0.632. The number of rotatable bonds is 2. The Morgan fingerprint density at radius 2 is 2.00 bits per heavy atom. The zero-order chi connectivity index (χ0) is 14.4. The van der Waals surface area contributed by atoms with Crippen LogP contribution < -0.4 is 11.2 Å². The van der Waals surface area contributed by atoms with E-state index in [0.717, 1.165) is 30.3 Å². The third kappa shape index (κ3) is 1.66. The fourth-order valence-corrected chi connectivity index (χ4v) is 2.76. The summed E-state index contributed by atoms with van der Waals surface area (Å²) in [6.07, 6.45) is 3.61. The van der Waals surface area contributed by atoms with Crippen molar-refractivity contribution in [3.05, 3.63) is 31.0 Å². The molecule has 0 saturated heterocycles. The summed E-state index contributed by atoms with van der Waals surface area (Å²) in [7, 11) is 1.36. The predicted octanol–water partition coefficient (Wildman–Crippen LogP) is 0.447. The molecular formula is C11H13N5O4. The number of hydrogen-bond acceptors (Lipinski definition) is 5. The molecular weight excluding hydrogens is 266 g/mol. The highest BCUT2D eigenvalue weighted by Gasteiger charge is 2.28. The minimum absolute atomic E-state index is 0.00528. The lowest BCUT2D eigenvalue weighted by Gasteiger charge is -2.12. The highest BCUT2D eigenvalue weighted by atomic mass is 16.6. The van der Waals surface area contributed by atoms with E-state index in [2.05, 4.69) is 9.97 Å². The fourth-order valence-electron chi connectivity index (χ4n) is 2.76. The second-order valence-electron chi connectivity index (χ2n) is 4.97. The smallest absolute Gasteiger partial charge is 0.390 e. The molecule has 0 radical (unpaired) electrons. The molecule has 1 saturated carbocycles. The molecule has 0 aliphatic heterocycles. The van der Waals surface area contributed by atoms with Crippen molar-refractivity contribution in [3.8, 4) is 0 Å². The summed E-state index contributed by atoms with van der Waals surface area (Å²) in [5.74, 6) is -0.519. The number of imidazole rings is 1. The molecule has 1 aliphatic rings. The van der Waals surface area contributed by atoms with Crippen LogP contribution in [0.3, 0.4) is 0 Å². The number of nitrogens with zero attached hydrogens (tertiary/aromatic N) is 4. The molecule has 9 nitrogen and oxygen atoms in total. The largest absolute Gasteiger partial charge is 0.435 e.